The van der Waals surface area contributed by atoms with Gasteiger partial charge in [0.25, 0.3) is 0 Å². The van der Waals surface area contributed by atoms with Gasteiger partial charge < -0.3 is 25.5 Å². The van der Waals surface area contributed by atoms with E-state index in [9.17, 15) is 9.90 Å². The molecule has 6 rings (SSSR count). The van der Waals surface area contributed by atoms with Crippen LogP contribution in [-0.2, 0) is 11.8 Å². The van der Waals surface area contributed by atoms with Gasteiger partial charge in [-0.15, -0.1) is 0 Å². The molecule has 3 aromatic carbocycles. The Hall–Kier alpha value is -4.01. The van der Waals surface area contributed by atoms with Crippen LogP contribution in [-0.4, -0.2) is 54.4 Å². The Labute approximate surface area is 229 Å². The monoisotopic (exact) mass is 527 g/mol. The molecule has 8 nitrogen and oxygen atoms in total. The molecule has 39 heavy (non-hydrogen) atoms. The molecule has 0 radical (unpaired) electrons. The highest BCUT2D eigenvalue weighted by atomic mass is 16.6. The van der Waals surface area contributed by atoms with Gasteiger partial charge in [0, 0.05) is 47.0 Å². The molecule has 0 aliphatic carbocycles. The number of nitrogens with two attached hydrogens (primary N) is 1. The van der Waals surface area contributed by atoms with Crippen LogP contribution in [0.3, 0.4) is 0 Å². The Morgan fingerprint density at radius 1 is 1.15 bits per heavy atom. The fourth-order valence-electron chi connectivity index (χ4n) is 6.23. The molecule has 4 aromatic rings. The van der Waals surface area contributed by atoms with Gasteiger partial charge >= 0.3 is 6.09 Å². The number of aryl methyl sites for hydroxylation is 1. The maximum atomic E-state index is 12.2. The van der Waals surface area contributed by atoms with E-state index in [2.05, 4.69) is 47.2 Å². The summed E-state index contributed by atoms with van der Waals surface area (Å²) in [5.74, 6) is 0.881. The van der Waals surface area contributed by atoms with Gasteiger partial charge in [-0.3, -0.25) is 10.2 Å². The fourth-order valence-corrected chi connectivity index (χ4v) is 6.23. The van der Waals surface area contributed by atoms with Crippen molar-refractivity contribution in [2.45, 2.75) is 38.3 Å². The Kier molecular flexibility index (Phi) is 7.25. The van der Waals surface area contributed by atoms with Gasteiger partial charge in [0.1, 0.15) is 11.5 Å². The number of benzene rings is 3. The molecule has 0 spiro atoms. The third kappa shape index (κ3) is 5.05. The number of carbonyl (C=O) groups is 1. The zero-order valence-corrected chi connectivity index (χ0v) is 23.0. The second-order valence-electron chi connectivity index (χ2n) is 10.7. The number of phenols is 1. The first kappa shape index (κ1) is 26.6. The molecule has 1 fully saturated rings. The van der Waals surface area contributed by atoms with Gasteiger partial charge in [0.05, 0.1) is 6.17 Å². The lowest BCUT2D eigenvalue weighted by molar-refractivity contribution is 0.215. The van der Waals surface area contributed by atoms with Crippen molar-refractivity contribution in [3.63, 3.8) is 0 Å². The number of amides is 1. The summed E-state index contributed by atoms with van der Waals surface area (Å²) in [6, 6.07) is 20.6. The number of likely N-dealkylation sites (tertiary alicyclic amines) is 1. The van der Waals surface area contributed by atoms with Crippen LogP contribution < -0.4 is 20.7 Å². The zero-order valence-electron chi connectivity index (χ0n) is 23.0. The molecule has 8 heteroatoms. The minimum absolute atomic E-state index is 0.0636. The maximum Gasteiger partial charge on any atom is 0.417 e. The van der Waals surface area contributed by atoms with Gasteiger partial charge in [-0.1, -0.05) is 25.1 Å². The number of aromatic amines is 1. The number of hydrogen-bond acceptors (Lipinski definition) is 6. The number of aromatic hydroxyl groups is 1. The lowest BCUT2D eigenvalue weighted by Crippen LogP contribution is -2.45. The molecule has 1 aromatic heterocycles. The van der Waals surface area contributed by atoms with Crippen molar-refractivity contribution in [3.8, 4) is 11.5 Å². The summed E-state index contributed by atoms with van der Waals surface area (Å²) in [6.45, 7) is 6.04. The van der Waals surface area contributed by atoms with Crippen molar-refractivity contribution in [2.24, 2.45) is 5.73 Å². The second-order valence-corrected chi connectivity index (χ2v) is 10.7. The highest BCUT2D eigenvalue weighted by molar-refractivity contribution is 5.87. The zero-order chi connectivity index (χ0) is 27.7. The number of hydrogen-bond donors (Lipinski definition) is 4. The number of carbonyl (C=O) groups excluding carboxylic acids is 1. The Morgan fingerprint density at radius 2 is 1.92 bits per heavy atom. The predicted molar refractivity (Wildman–Crippen MR) is 157 cm³/mol. The lowest BCUT2D eigenvalue weighted by atomic mass is 9.81. The normalized spacial score (nSPS) is 19.8. The van der Waals surface area contributed by atoms with E-state index < -0.39 is 6.09 Å². The number of aromatic nitrogens is 1. The summed E-state index contributed by atoms with van der Waals surface area (Å²) in [5, 5.41) is 13.2. The molecule has 0 saturated carbocycles. The highest BCUT2D eigenvalue weighted by Crippen LogP contribution is 2.51. The van der Waals surface area contributed by atoms with Crippen LogP contribution in [0.2, 0.25) is 0 Å². The van der Waals surface area contributed by atoms with Crippen LogP contribution in [0, 0.1) is 6.92 Å². The standard InChI is InChI=1S/C20H23N3O2.C11H14N2O/c1-20-11-12-22(2)18(20)23(3)17-10-9-15(13-16(17)20)25-19(24)21-14-7-5-4-6-8-14;1-7-9(4-5-12)10-6-8(14)2-3-11(10)13-7/h4-10,13,18H,11-12H2,1-3H3,(H,21,24);2-3,6,13-14H,4-5,12H2,1H3/t18-,20+;/m1./s1. The van der Waals surface area contributed by atoms with Crippen molar-refractivity contribution in [1.29, 1.82) is 0 Å². The number of fused-ring (bicyclic) bond motifs is 4. The molecule has 2 aliphatic heterocycles. The first-order valence-corrected chi connectivity index (χ1v) is 13.3. The number of nitrogens with zero attached hydrogens (tertiary/aromatic N) is 2. The molecule has 0 bridgehead atoms. The summed E-state index contributed by atoms with van der Waals surface area (Å²) >= 11 is 0. The van der Waals surface area contributed by atoms with E-state index in [1.165, 1.54) is 16.8 Å². The minimum atomic E-state index is -0.470. The van der Waals surface area contributed by atoms with Gasteiger partial charge in [-0.2, -0.15) is 0 Å². The first-order valence-electron chi connectivity index (χ1n) is 13.3. The van der Waals surface area contributed by atoms with E-state index >= 15 is 0 Å². The molecule has 1 amide bonds. The highest BCUT2D eigenvalue weighted by Gasteiger charge is 2.52. The van der Waals surface area contributed by atoms with E-state index in [0.717, 1.165) is 41.7 Å². The van der Waals surface area contributed by atoms with Crippen LogP contribution in [0.1, 0.15) is 30.2 Å². The fraction of sp³-hybridized carbons (Fsp3) is 0.323. The van der Waals surface area contributed by atoms with E-state index in [0.29, 0.717) is 24.2 Å². The molecule has 0 unspecified atom stereocenters. The van der Waals surface area contributed by atoms with E-state index in [1.807, 2.05) is 55.5 Å². The van der Waals surface area contributed by atoms with Crippen molar-refractivity contribution < 1.29 is 14.6 Å². The number of anilines is 2. The number of phenolic OH excluding ortho intramolecular Hbond substituents is 1. The number of ether oxygens (including phenoxy) is 1. The van der Waals surface area contributed by atoms with Gasteiger partial charge in [-0.25, -0.2) is 4.79 Å². The quantitative estimate of drug-likeness (QED) is 0.285. The average Bonchev–Trinajstić information content (AvgIpc) is 3.47. The van der Waals surface area contributed by atoms with E-state index in [-0.39, 0.29) is 5.41 Å². The molecule has 5 N–H and O–H groups in total. The Balaban J connectivity index is 0.000000186. The second kappa shape index (κ2) is 10.6. The van der Waals surface area contributed by atoms with Gasteiger partial charge in [0.2, 0.25) is 0 Å². The maximum absolute atomic E-state index is 12.2. The average molecular weight is 528 g/mol. The van der Waals surface area contributed by atoms with Crippen LogP contribution in [0.25, 0.3) is 10.9 Å². The van der Waals surface area contributed by atoms with Crippen LogP contribution in [0.4, 0.5) is 16.2 Å². The number of para-hydroxylation sites is 1. The Bertz CT molecular complexity index is 1480. The third-order valence-electron chi connectivity index (χ3n) is 8.03. The topological polar surface area (TPSA) is 107 Å². The van der Waals surface area contributed by atoms with Crippen molar-refractivity contribution >= 4 is 28.4 Å². The molecule has 3 heterocycles. The molecular weight excluding hydrogens is 490 g/mol. The van der Waals surface area contributed by atoms with Crippen molar-refractivity contribution in [3.05, 3.63) is 83.6 Å². The summed E-state index contributed by atoms with van der Waals surface area (Å²) in [7, 11) is 4.31. The molecule has 204 valence electrons. The van der Waals surface area contributed by atoms with Crippen molar-refractivity contribution in [2.75, 3.05) is 37.4 Å². The van der Waals surface area contributed by atoms with Crippen LogP contribution in [0.15, 0.2) is 66.7 Å². The molecule has 2 atom stereocenters. The van der Waals surface area contributed by atoms with Crippen LogP contribution >= 0.6 is 0 Å². The summed E-state index contributed by atoms with van der Waals surface area (Å²) in [6.07, 6.45) is 1.83. The van der Waals surface area contributed by atoms with Crippen LogP contribution in [0.5, 0.6) is 11.5 Å². The van der Waals surface area contributed by atoms with E-state index in [4.69, 9.17) is 10.5 Å². The summed E-state index contributed by atoms with van der Waals surface area (Å²) in [5.41, 5.74) is 12.2. The van der Waals surface area contributed by atoms with Gasteiger partial charge in [-0.05, 0) is 93.0 Å². The first-order chi connectivity index (χ1) is 18.7. The van der Waals surface area contributed by atoms with E-state index in [1.54, 1.807) is 12.1 Å². The molecule has 1 saturated heterocycles. The summed E-state index contributed by atoms with van der Waals surface area (Å²) < 4.78 is 5.52. The largest absolute Gasteiger partial charge is 0.508 e. The summed E-state index contributed by atoms with van der Waals surface area (Å²) in [4.78, 5) is 20.1. The SMILES string of the molecule is CN1CC[C@@]2(C)c3cc(OC(=O)Nc4ccccc4)ccc3N(C)[C@@H]12.Cc1[nH]c2ccc(O)cc2c1CCN. The number of H-pyrrole nitrogens is 1. The smallest absolute Gasteiger partial charge is 0.417 e. The molecule has 2 aliphatic rings. The molecular formula is C31H37N5O3. The van der Waals surface area contributed by atoms with Crippen molar-refractivity contribution in [1.82, 2.24) is 9.88 Å². The third-order valence-corrected chi connectivity index (χ3v) is 8.03. The number of likely N-dealkylation sites (N-methyl/N-ethyl adjacent to an activating group) is 2. The number of rotatable bonds is 4. The number of nitrogens with one attached hydrogen (secondary N) is 2. The predicted octanol–water partition coefficient (Wildman–Crippen LogP) is 5.35. The minimum Gasteiger partial charge on any atom is -0.508 e. The lowest BCUT2D eigenvalue weighted by Gasteiger charge is -2.32. The van der Waals surface area contributed by atoms with Gasteiger partial charge in [0.15, 0.2) is 0 Å². The Morgan fingerprint density at radius 3 is 2.67 bits per heavy atom.